The van der Waals surface area contributed by atoms with Gasteiger partial charge in [0.15, 0.2) is 6.29 Å². The Hall–Kier alpha value is -0.160. The van der Waals surface area contributed by atoms with Crippen LogP contribution in [0.1, 0.15) is 99.8 Å². The highest BCUT2D eigenvalue weighted by Crippen LogP contribution is 2.70. The lowest BCUT2D eigenvalue weighted by molar-refractivity contribution is -0.262. The van der Waals surface area contributed by atoms with Crippen LogP contribution in [0.2, 0.25) is 0 Å². The van der Waals surface area contributed by atoms with Gasteiger partial charge in [-0.2, -0.15) is 0 Å². The summed E-state index contributed by atoms with van der Waals surface area (Å²) in [5.74, 6) is 2.62. The van der Waals surface area contributed by atoms with E-state index in [1.807, 2.05) is 6.92 Å². The Kier molecular flexibility index (Phi) is 5.47. The Bertz CT molecular complexity index is 731. The van der Waals surface area contributed by atoms with E-state index in [1.54, 1.807) is 0 Å². The summed E-state index contributed by atoms with van der Waals surface area (Å²) in [6.45, 7) is 15.3. The third-order valence-electron chi connectivity index (χ3n) is 11.7. The highest BCUT2D eigenvalue weighted by atomic mass is 16.7. The number of aliphatic hydroxyl groups is 2. The molecule has 1 saturated heterocycles. The molecule has 11 atom stereocenters. The van der Waals surface area contributed by atoms with E-state index in [0.29, 0.717) is 23.7 Å². The zero-order valence-corrected chi connectivity index (χ0v) is 21.6. The van der Waals surface area contributed by atoms with Gasteiger partial charge in [-0.25, -0.2) is 0 Å². The first-order valence-electron chi connectivity index (χ1n) is 13.6. The fourth-order valence-corrected chi connectivity index (χ4v) is 9.59. The maximum absolute atomic E-state index is 11.9. The molecule has 4 saturated carbocycles. The molecule has 5 unspecified atom stereocenters. The smallest absolute Gasteiger partial charge is 0.187 e. The van der Waals surface area contributed by atoms with E-state index >= 15 is 0 Å². The van der Waals surface area contributed by atoms with Crippen LogP contribution in [0.15, 0.2) is 0 Å². The van der Waals surface area contributed by atoms with Crippen LogP contribution in [0.25, 0.3) is 0 Å². The maximum atomic E-state index is 11.9. The summed E-state index contributed by atoms with van der Waals surface area (Å²) < 4.78 is 13.0. The van der Waals surface area contributed by atoms with Crippen LogP contribution >= 0.6 is 0 Å². The molecule has 5 rings (SSSR count). The Morgan fingerprint density at radius 3 is 2.44 bits per heavy atom. The summed E-state index contributed by atoms with van der Waals surface area (Å²) in [4.78, 5) is 0. The number of aliphatic hydroxyl groups excluding tert-OH is 1. The Morgan fingerprint density at radius 2 is 1.75 bits per heavy atom. The first-order valence-corrected chi connectivity index (χ1v) is 13.6. The largest absolute Gasteiger partial charge is 0.393 e. The molecule has 0 bridgehead atoms. The molecule has 5 fully saturated rings. The van der Waals surface area contributed by atoms with Crippen molar-refractivity contribution in [3.05, 3.63) is 0 Å². The Balaban J connectivity index is 1.43. The molecule has 0 amide bonds. The number of hydrogen-bond donors (Lipinski definition) is 2. The fraction of sp³-hybridized carbons (Fsp3) is 1.00. The second-order valence-corrected chi connectivity index (χ2v) is 13.9. The van der Waals surface area contributed by atoms with E-state index in [1.165, 1.54) is 38.5 Å². The van der Waals surface area contributed by atoms with E-state index in [0.717, 1.165) is 18.8 Å². The monoisotopic (exact) mass is 448 g/mol. The van der Waals surface area contributed by atoms with E-state index < -0.39 is 11.9 Å². The second kappa shape index (κ2) is 7.42. The molecular weight excluding hydrogens is 400 g/mol. The molecule has 1 heterocycles. The van der Waals surface area contributed by atoms with Crippen LogP contribution in [-0.4, -0.2) is 39.9 Å². The van der Waals surface area contributed by atoms with E-state index in [4.69, 9.17) is 9.47 Å². The summed E-state index contributed by atoms with van der Waals surface area (Å²) in [7, 11) is 0. The Labute approximate surface area is 195 Å². The van der Waals surface area contributed by atoms with Gasteiger partial charge in [0, 0.05) is 5.92 Å². The molecule has 0 aromatic carbocycles. The molecule has 0 aromatic heterocycles. The normalized spacial score (nSPS) is 55.3. The number of rotatable bonds is 3. The molecule has 184 valence electrons. The third-order valence-corrected chi connectivity index (χ3v) is 11.7. The first kappa shape index (κ1) is 23.6. The van der Waals surface area contributed by atoms with Crippen molar-refractivity contribution in [1.82, 2.24) is 0 Å². The van der Waals surface area contributed by atoms with Crippen molar-refractivity contribution in [2.45, 2.75) is 130 Å². The van der Waals surface area contributed by atoms with Gasteiger partial charge in [-0.15, -0.1) is 0 Å². The maximum Gasteiger partial charge on any atom is 0.187 e. The van der Waals surface area contributed by atoms with Crippen LogP contribution in [0.3, 0.4) is 0 Å². The molecule has 0 radical (unpaired) electrons. The zero-order valence-electron chi connectivity index (χ0n) is 21.6. The Morgan fingerprint density at radius 1 is 1.03 bits per heavy atom. The summed E-state index contributed by atoms with van der Waals surface area (Å²) in [5.41, 5.74) is -1.22. The average molecular weight is 449 g/mol. The molecule has 0 spiro atoms. The summed E-state index contributed by atoms with van der Waals surface area (Å²) in [5, 5.41) is 23.5. The van der Waals surface area contributed by atoms with Crippen molar-refractivity contribution >= 4 is 0 Å². The molecule has 2 N–H and O–H groups in total. The molecule has 1 aliphatic heterocycles. The van der Waals surface area contributed by atoms with Crippen LogP contribution < -0.4 is 0 Å². The van der Waals surface area contributed by atoms with Gasteiger partial charge in [0.2, 0.25) is 0 Å². The van der Waals surface area contributed by atoms with Gasteiger partial charge >= 0.3 is 0 Å². The van der Waals surface area contributed by atoms with Crippen molar-refractivity contribution in [2.24, 2.45) is 46.3 Å². The summed E-state index contributed by atoms with van der Waals surface area (Å²) in [6, 6.07) is 0. The van der Waals surface area contributed by atoms with Gasteiger partial charge in [0.1, 0.15) is 5.60 Å². The van der Waals surface area contributed by atoms with Crippen LogP contribution in [0.4, 0.5) is 0 Å². The highest BCUT2D eigenvalue weighted by Gasteiger charge is 2.71. The van der Waals surface area contributed by atoms with Gasteiger partial charge in [0.05, 0.1) is 17.8 Å². The van der Waals surface area contributed by atoms with E-state index in [2.05, 4.69) is 41.5 Å². The topological polar surface area (TPSA) is 58.9 Å². The van der Waals surface area contributed by atoms with Gasteiger partial charge in [-0.1, -0.05) is 40.5 Å². The zero-order chi connectivity index (χ0) is 23.3. The minimum atomic E-state index is -1.04. The average Bonchev–Trinajstić information content (AvgIpc) is 3.11. The second-order valence-electron chi connectivity index (χ2n) is 13.9. The summed E-state index contributed by atoms with van der Waals surface area (Å²) in [6.07, 6.45) is 8.82. The van der Waals surface area contributed by atoms with Crippen molar-refractivity contribution in [3.63, 3.8) is 0 Å². The van der Waals surface area contributed by atoms with Gasteiger partial charge in [0.25, 0.3) is 0 Å². The highest BCUT2D eigenvalue weighted by molar-refractivity contribution is 5.18. The summed E-state index contributed by atoms with van der Waals surface area (Å²) >= 11 is 0. The van der Waals surface area contributed by atoms with Gasteiger partial charge in [-0.3, -0.25) is 0 Å². The molecular formula is C28H48O4. The van der Waals surface area contributed by atoms with Crippen LogP contribution in [0, 0.1) is 46.3 Å². The predicted molar refractivity (Wildman–Crippen MR) is 126 cm³/mol. The minimum absolute atomic E-state index is 0.0143. The lowest BCUT2D eigenvalue weighted by Crippen LogP contribution is -2.60. The van der Waals surface area contributed by atoms with Crippen molar-refractivity contribution in [3.8, 4) is 0 Å². The fourth-order valence-electron chi connectivity index (χ4n) is 9.59. The molecule has 4 heteroatoms. The lowest BCUT2D eigenvalue weighted by Gasteiger charge is -2.62. The number of ether oxygens (including phenoxy) is 2. The molecule has 5 aliphatic rings. The number of hydrogen-bond acceptors (Lipinski definition) is 4. The van der Waals surface area contributed by atoms with Crippen molar-refractivity contribution in [1.29, 1.82) is 0 Å². The molecule has 4 nitrogen and oxygen atoms in total. The van der Waals surface area contributed by atoms with Crippen molar-refractivity contribution in [2.75, 3.05) is 0 Å². The van der Waals surface area contributed by atoms with Crippen molar-refractivity contribution < 1.29 is 19.7 Å². The lowest BCUT2D eigenvalue weighted by atomic mass is 9.43. The minimum Gasteiger partial charge on any atom is -0.393 e. The first-order chi connectivity index (χ1) is 14.8. The van der Waals surface area contributed by atoms with Crippen LogP contribution in [-0.2, 0) is 9.47 Å². The van der Waals surface area contributed by atoms with Crippen LogP contribution in [0.5, 0.6) is 0 Å². The van der Waals surface area contributed by atoms with E-state index in [9.17, 15) is 10.2 Å². The standard InChI is InChI=1S/C28H48O4/c1-16(2)25(3,4)32-24-28(7,30)23-21(31-24)14-19-18-12-11-17-10-8-9-13-26(17,5)22(18)20(29)15-27(19,23)6/h16-24,29-30H,8-15H2,1-7H3/t17?,18-,19?,20-,21?,22?,23?,24+,26-,27-,28+/m0/s1. The molecule has 0 aromatic rings. The predicted octanol–water partition coefficient (Wildman–Crippen LogP) is 5.54. The molecule has 4 aliphatic carbocycles. The molecule has 32 heavy (non-hydrogen) atoms. The van der Waals surface area contributed by atoms with E-state index in [-0.39, 0.29) is 34.6 Å². The SMILES string of the molecule is CC(C)C(C)(C)O[C@H]1OC2CC3[C@@H]4CCC5CCCC[C@]5(C)C4[C@@H](O)C[C@]3(C)C2[C@@]1(C)O. The number of fused-ring (bicyclic) bond motifs is 7. The third kappa shape index (κ3) is 3.14. The quantitative estimate of drug-likeness (QED) is 0.595. The van der Waals surface area contributed by atoms with Gasteiger partial charge < -0.3 is 19.7 Å². The van der Waals surface area contributed by atoms with Gasteiger partial charge in [-0.05, 0) is 99.7 Å².